The quantitative estimate of drug-likeness (QED) is 0.871. The highest BCUT2D eigenvalue weighted by atomic mass is 16.1. The molecule has 2 rings (SSSR count). The van der Waals surface area contributed by atoms with Gasteiger partial charge < -0.3 is 5.73 Å². The Kier molecular flexibility index (Phi) is 10.9. The minimum Gasteiger partial charge on any atom is -0.370 e. The van der Waals surface area contributed by atoms with Gasteiger partial charge in [0.25, 0.3) is 0 Å². The molecule has 0 radical (unpaired) electrons. The maximum absolute atomic E-state index is 10.6. The molecular weight excluding hydrogens is 276 g/mol. The van der Waals surface area contributed by atoms with Crippen molar-refractivity contribution in [1.82, 2.24) is 4.98 Å². The molecule has 0 saturated heterocycles. The van der Waals surface area contributed by atoms with Gasteiger partial charge in [0.15, 0.2) is 0 Å². The molecule has 0 fully saturated rings. The summed E-state index contributed by atoms with van der Waals surface area (Å²) in [5.74, 6) is -0.333. The first-order valence-electron chi connectivity index (χ1n) is 7.29. The summed E-state index contributed by atoms with van der Waals surface area (Å²) in [4.78, 5) is 24.1. The molecule has 1 aliphatic carbocycles. The van der Waals surface area contributed by atoms with Crippen molar-refractivity contribution in [2.24, 2.45) is 5.73 Å². The average Bonchev–Trinajstić information content (AvgIpc) is 2.75. The Morgan fingerprint density at radius 2 is 2.00 bits per heavy atom. The Hall–Kier alpha value is -2.49. The summed E-state index contributed by atoms with van der Waals surface area (Å²) < 4.78 is 0. The highest BCUT2D eigenvalue weighted by Gasteiger charge is 2.00. The Morgan fingerprint density at radius 1 is 1.32 bits per heavy atom. The van der Waals surface area contributed by atoms with E-state index in [1.54, 1.807) is 6.20 Å². The third-order valence-corrected chi connectivity index (χ3v) is 2.46. The lowest BCUT2D eigenvalue weighted by Crippen LogP contribution is -2.01. The molecule has 118 valence electrons. The van der Waals surface area contributed by atoms with Crippen LogP contribution in [0, 0.1) is 0 Å². The van der Waals surface area contributed by atoms with Crippen LogP contribution in [0.15, 0.2) is 59.8 Å². The molecule has 0 aliphatic heterocycles. The van der Waals surface area contributed by atoms with Crippen molar-refractivity contribution in [3.8, 4) is 0 Å². The molecule has 0 saturated carbocycles. The lowest BCUT2D eigenvalue weighted by Gasteiger charge is -1.99. The van der Waals surface area contributed by atoms with Crippen LogP contribution >= 0.6 is 0 Å². The largest absolute Gasteiger partial charge is 0.370 e. The molecule has 0 bridgehead atoms. The predicted octanol–water partition coefficient (Wildman–Crippen LogP) is 3.15. The standard InChI is InChI=1S/C14H13NO.C2H5NO.C2H6/c16-11-13-5-3-4-12(7-8-13)10-14-6-1-2-9-15-14;1-2(3)4;1-2/h1-4,6-9,11H,5,10H2;1H3,(H2,3,4);1-2H3. The molecule has 1 aliphatic rings. The molecule has 4 nitrogen and oxygen atoms in total. The number of hydrogen-bond acceptors (Lipinski definition) is 3. The summed E-state index contributed by atoms with van der Waals surface area (Å²) in [6.07, 6.45) is 12.2. The number of nitrogens with two attached hydrogens (primary N) is 1. The average molecular weight is 300 g/mol. The Labute approximate surface area is 132 Å². The van der Waals surface area contributed by atoms with Gasteiger partial charge in [-0.2, -0.15) is 0 Å². The highest BCUT2D eigenvalue weighted by molar-refractivity contribution is 5.74. The van der Waals surface area contributed by atoms with Gasteiger partial charge in [0, 0.05) is 25.2 Å². The summed E-state index contributed by atoms with van der Waals surface area (Å²) in [5.41, 5.74) is 7.50. The van der Waals surface area contributed by atoms with Crippen molar-refractivity contribution < 1.29 is 9.59 Å². The Bertz CT molecular complexity index is 539. The van der Waals surface area contributed by atoms with E-state index in [0.717, 1.165) is 24.0 Å². The number of carbonyl (C=O) groups excluding carboxylic acids is 2. The van der Waals surface area contributed by atoms with E-state index in [9.17, 15) is 9.59 Å². The molecule has 22 heavy (non-hydrogen) atoms. The number of nitrogens with zero attached hydrogens (tertiary/aromatic N) is 1. The van der Waals surface area contributed by atoms with E-state index in [2.05, 4.69) is 16.8 Å². The summed E-state index contributed by atoms with van der Waals surface area (Å²) in [5, 5.41) is 0. The van der Waals surface area contributed by atoms with Gasteiger partial charge >= 0.3 is 0 Å². The van der Waals surface area contributed by atoms with Gasteiger partial charge in [0.1, 0.15) is 6.29 Å². The summed E-state index contributed by atoms with van der Waals surface area (Å²) in [6, 6.07) is 5.89. The second-order valence-electron chi connectivity index (χ2n) is 4.32. The molecule has 2 N–H and O–H groups in total. The second kappa shape index (κ2) is 12.3. The highest BCUT2D eigenvalue weighted by Crippen LogP contribution is 2.13. The number of aldehydes is 1. The first-order chi connectivity index (χ1) is 10.6. The number of pyridine rings is 1. The topological polar surface area (TPSA) is 73.1 Å². The van der Waals surface area contributed by atoms with Gasteiger partial charge in [0.2, 0.25) is 5.91 Å². The number of aromatic nitrogens is 1. The normalized spacial score (nSPS) is 12.3. The van der Waals surface area contributed by atoms with Crippen LogP contribution in [0.2, 0.25) is 0 Å². The molecule has 4 heteroatoms. The lowest BCUT2D eigenvalue weighted by atomic mass is 10.1. The van der Waals surface area contributed by atoms with Crippen LogP contribution in [0.25, 0.3) is 0 Å². The minimum atomic E-state index is -0.333. The minimum absolute atomic E-state index is 0.333. The number of carbonyl (C=O) groups is 2. The summed E-state index contributed by atoms with van der Waals surface area (Å²) in [6.45, 7) is 5.31. The molecule has 1 amide bonds. The third kappa shape index (κ3) is 9.42. The molecule has 0 spiro atoms. The number of primary amides is 1. The monoisotopic (exact) mass is 300 g/mol. The lowest BCUT2D eigenvalue weighted by molar-refractivity contribution is -0.116. The molecule has 0 atom stereocenters. The van der Waals surface area contributed by atoms with Crippen LogP contribution in [-0.2, 0) is 16.0 Å². The molecule has 0 aromatic carbocycles. The molecule has 1 aromatic heterocycles. The van der Waals surface area contributed by atoms with Gasteiger partial charge in [-0.1, -0.05) is 44.2 Å². The van der Waals surface area contributed by atoms with E-state index in [0.29, 0.717) is 6.42 Å². The molecule has 1 aromatic rings. The van der Waals surface area contributed by atoms with Crippen LogP contribution in [0.1, 0.15) is 32.9 Å². The Morgan fingerprint density at radius 3 is 2.55 bits per heavy atom. The van der Waals surface area contributed by atoms with E-state index >= 15 is 0 Å². The van der Waals surface area contributed by atoms with Crippen molar-refractivity contribution in [3.05, 3.63) is 65.5 Å². The number of rotatable bonds is 3. The van der Waals surface area contributed by atoms with E-state index < -0.39 is 0 Å². The zero-order valence-corrected chi connectivity index (χ0v) is 13.5. The first kappa shape index (κ1) is 19.5. The van der Waals surface area contributed by atoms with Crippen molar-refractivity contribution in [2.45, 2.75) is 33.6 Å². The SMILES string of the molecule is CC.CC(N)=O.O=CC1=CC=C(Cc2ccccn2)C=CC1. The maximum Gasteiger partial charge on any atom is 0.214 e. The van der Waals surface area contributed by atoms with Crippen LogP contribution < -0.4 is 5.73 Å². The van der Waals surface area contributed by atoms with E-state index in [1.807, 2.05) is 50.3 Å². The van der Waals surface area contributed by atoms with Crippen molar-refractivity contribution >= 4 is 12.2 Å². The van der Waals surface area contributed by atoms with Crippen molar-refractivity contribution in [2.75, 3.05) is 0 Å². The van der Waals surface area contributed by atoms with Crippen LogP contribution in [0.3, 0.4) is 0 Å². The van der Waals surface area contributed by atoms with Gasteiger partial charge in [-0.3, -0.25) is 14.6 Å². The van der Waals surface area contributed by atoms with Crippen molar-refractivity contribution in [3.63, 3.8) is 0 Å². The van der Waals surface area contributed by atoms with Gasteiger partial charge in [-0.25, -0.2) is 0 Å². The van der Waals surface area contributed by atoms with Crippen LogP contribution in [-0.4, -0.2) is 17.2 Å². The van der Waals surface area contributed by atoms with E-state index in [1.165, 1.54) is 12.5 Å². The van der Waals surface area contributed by atoms with E-state index in [-0.39, 0.29) is 5.91 Å². The van der Waals surface area contributed by atoms with Crippen LogP contribution in [0.5, 0.6) is 0 Å². The number of hydrogen-bond donors (Lipinski definition) is 1. The van der Waals surface area contributed by atoms with Gasteiger partial charge in [0.05, 0.1) is 0 Å². The maximum atomic E-state index is 10.6. The fourth-order valence-corrected chi connectivity index (χ4v) is 1.60. The molecular formula is C18H24N2O2. The van der Waals surface area contributed by atoms with E-state index in [4.69, 9.17) is 0 Å². The first-order valence-corrected chi connectivity index (χ1v) is 7.29. The molecule has 0 unspecified atom stereocenters. The zero-order chi connectivity index (χ0) is 16.8. The third-order valence-electron chi connectivity index (χ3n) is 2.46. The fourth-order valence-electron chi connectivity index (χ4n) is 1.60. The van der Waals surface area contributed by atoms with Crippen LogP contribution in [0.4, 0.5) is 0 Å². The Balaban J connectivity index is 0.000000640. The van der Waals surface area contributed by atoms with Gasteiger partial charge in [-0.05, 0) is 29.7 Å². The fraction of sp³-hybridized carbons (Fsp3) is 0.278. The second-order valence-corrected chi connectivity index (χ2v) is 4.32. The summed E-state index contributed by atoms with van der Waals surface area (Å²) >= 11 is 0. The smallest absolute Gasteiger partial charge is 0.214 e. The van der Waals surface area contributed by atoms with Crippen molar-refractivity contribution in [1.29, 1.82) is 0 Å². The predicted molar refractivity (Wildman–Crippen MR) is 90.1 cm³/mol. The number of allylic oxidation sites excluding steroid dienone is 6. The number of amides is 1. The summed E-state index contributed by atoms with van der Waals surface area (Å²) in [7, 11) is 0. The zero-order valence-electron chi connectivity index (χ0n) is 13.5. The molecule has 1 heterocycles. The van der Waals surface area contributed by atoms with Gasteiger partial charge in [-0.15, -0.1) is 0 Å².